The monoisotopic (exact) mass is 296 g/mol. The number of carbonyl (C=O) groups is 1. The van der Waals surface area contributed by atoms with Crippen LogP contribution in [0.2, 0.25) is 0 Å². The zero-order valence-corrected chi connectivity index (χ0v) is 13.3. The normalized spacial score (nSPS) is 10.8. The third-order valence-corrected chi connectivity index (χ3v) is 4.14. The Labute approximate surface area is 125 Å². The molecule has 0 radical (unpaired) electrons. The van der Waals surface area contributed by atoms with Crippen LogP contribution < -0.4 is 5.73 Å². The summed E-state index contributed by atoms with van der Waals surface area (Å²) in [4.78, 5) is 15.0. The van der Waals surface area contributed by atoms with Gasteiger partial charge in [0.05, 0.1) is 12.2 Å². The first-order valence-corrected chi connectivity index (χ1v) is 8.02. The van der Waals surface area contributed by atoms with Gasteiger partial charge in [-0.1, -0.05) is 13.8 Å². The van der Waals surface area contributed by atoms with Crippen molar-refractivity contribution >= 4 is 23.4 Å². The maximum Gasteiger partial charge on any atom is 0.338 e. The Bertz CT molecular complexity index is 434. The zero-order chi connectivity index (χ0) is 15.0. The second kappa shape index (κ2) is 8.87. The number of anilines is 1. The Kier molecular flexibility index (Phi) is 7.47. The lowest BCUT2D eigenvalue weighted by atomic mass is 10.2. The molecule has 1 rings (SSSR count). The summed E-state index contributed by atoms with van der Waals surface area (Å²) in [5, 5.41) is 0. The quantitative estimate of drug-likeness (QED) is 0.454. The van der Waals surface area contributed by atoms with Gasteiger partial charge in [-0.2, -0.15) is 0 Å². The van der Waals surface area contributed by atoms with E-state index < -0.39 is 0 Å². The molecule has 0 amide bonds. The van der Waals surface area contributed by atoms with Crippen LogP contribution in [0.25, 0.3) is 0 Å². The van der Waals surface area contributed by atoms with Crippen molar-refractivity contribution in [1.82, 2.24) is 4.90 Å². The van der Waals surface area contributed by atoms with Crippen molar-refractivity contribution in [2.24, 2.45) is 0 Å². The molecule has 0 spiro atoms. The lowest BCUT2D eigenvalue weighted by molar-refractivity contribution is 0.0526. The molecule has 0 atom stereocenters. The third-order valence-electron chi connectivity index (χ3n) is 3.08. The number of benzene rings is 1. The minimum absolute atomic E-state index is 0.293. The van der Waals surface area contributed by atoms with E-state index in [-0.39, 0.29) is 5.97 Å². The molecule has 0 fully saturated rings. The van der Waals surface area contributed by atoms with Crippen LogP contribution >= 0.6 is 11.8 Å². The lowest BCUT2D eigenvalue weighted by Gasteiger charge is -2.17. The van der Waals surface area contributed by atoms with Crippen LogP contribution in [0.1, 0.15) is 31.1 Å². The summed E-state index contributed by atoms with van der Waals surface area (Å²) in [6.07, 6.45) is 0. The van der Waals surface area contributed by atoms with E-state index in [1.165, 1.54) is 0 Å². The van der Waals surface area contributed by atoms with Gasteiger partial charge in [0.25, 0.3) is 0 Å². The van der Waals surface area contributed by atoms with Gasteiger partial charge >= 0.3 is 5.97 Å². The summed E-state index contributed by atoms with van der Waals surface area (Å²) in [6.45, 7) is 9.61. The van der Waals surface area contributed by atoms with Crippen molar-refractivity contribution in [3.8, 4) is 0 Å². The molecule has 0 saturated heterocycles. The highest BCUT2D eigenvalue weighted by molar-refractivity contribution is 7.99. The number of thioether (sulfide) groups is 1. The predicted octanol–water partition coefficient (Wildman–Crippen LogP) is 2.88. The van der Waals surface area contributed by atoms with Gasteiger partial charge in [-0.15, -0.1) is 11.8 Å². The minimum Gasteiger partial charge on any atom is -0.462 e. The number of nitrogens with zero attached hydrogens (tertiary/aromatic N) is 1. The van der Waals surface area contributed by atoms with Gasteiger partial charge in [-0.05, 0) is 38.2 Å². The highest BCUT2D eigenvalue weighted by Crippen LogP contribution is 2.26. The Morgan fingerprint density at radius 3 is 2.60 bits per heavy atom. The fourth-order valence-corrected chi connectivity index (χ4v) is 2.84. The molecule has 0 saturated carbocycles. The summed E-state index contributed by atoms with van der Waals surface area (Å²) < 4.78 is 5.00. The number of nitrogens with two attached hydrogens (primary N) is 1. The van der Waals surface area contributed by atoms with E-state index in [2.05, 4.69) is 18.7 Å². The van der Waals surface area contributed by atoms with Gasteiger partial charge in [-0.25, -0.2) is 4.79 Å². The van der Waals surface area contributed by atoms with E-state index in [4.69, 9.17) is 10.5 Å². The summed E-state index contributed by atoms with van der Waals surface area (Å²) in [5.41, 5.74) is 7.23. The molecule has 0 aliphatic carbocycles. The number of ether oxygens (including phenoxy) is 1. The molecule has 0 unspecified atom stereocenters. The van der Waals surface area contributed by atoms with E-state index in [1.807, 2.05) is 6.07 Å². The Hall–Kier alpha value is -1.20. The summed E-state index contributed by atoms with van der Waals surface area (Å²) in [6, 6.07) is 5.30. The molecule has 2 N–H and O–H groups in total. The van der Waals surface area contributed by atoms with Crippen LogP contribution in [-0.4, -0.2) is 42.9 Å². The standard InChI is InChI=1S/C15H24N2O2S/c1-4-17(5-2)9-10-20-14-11-12(7-8-13(14)16)15(18)19-6-3/h7-8,11H,4-6,9-10,16H2,1-3H3. The van der Waals surface area contributed by atoms with Gasteiger partial charge in [0.2, 0.25) is 0 Å². The van der Waals surface area contributed by atoms with E-state index >= 15 is 0 Å². The largest absolute Gasteiger partial charge is 0.462 e. The van der Waals surface area contributed by atoms with Gasteiger partial charge in [0, 0.05) is 22.9 Å². The summed E-state index contributed by atoms with van der Waals surface area (Å²) in [7, 11) is 0. The van der Waals surface area contributed by atoms with Crippen LogP contribution in [0.4, 0.5) is 5.69 Å². The van der Waals surface area contributed by atoms with Crippen molar-refractivity contribution in [2.45, 2.75) is 25.7 Å². The molecule has 0 aliphatic heterocycles. The van der Waals surface area contributed by atoms with Gasteiger partial charge in [0.15, 0.2) is 0 Å². The van der Waals surface area contributed by atoms with E-state index in [0.717, 1.165) is 30.3 Å². The van der Waals surface area contributed by atoms with E-state index in [0.29, 0.717) is 17.9 Å². The van der Waals surface area contributed by atoms with Gasteiger partial charge < -0.3 is 15.4 Å². The number of esters is 1. The third kappa shape index (κ3) is 5.06. The van der Waals surface area contributed by atoms with Crippen molar-refractivity contribution in [2.75, 3.05) is 37.7 Å². The van der Waals surface area contributed by atoms with Gasteiger partial charge in [0.1, 0.15) is 0 Å². The molecule has 0 heterocycles. The zero-order valence-electron chi connectivity index (χ0n) is 12.5. The lowest BCUT2D eigenvalue weighted by Crippen LogP contribution is -2.25. The second-order valence-electron chi connectivity index (χ2n) is 4.35. The highest BCUT2D eigenvalue weighted by Gasteiger charge is 2.10. The maximum atomic E-state index is 11.7. The Morgan fingerprint density at radius 2 is 2.00 bits per heavy atom. The first-order chi connectivity index (χ1) is 9.62. The van der Waals surface area contributed by atoms with Crippen molar-refractivity contribution in [3.63, 3.8) is 0 Å². The van der Waals surface area contributed by atoms with Crippen molar-refractivity contribution in [1.29, 1.82) is 0 Å². The number of carbonyl (C=O) groups excluding carboxylic acids is 1. The first-order valence-electron chi connectivity index (χ1n) is 7.04. The molecule has 1 aromatic rings. The summed E-state index contributed by atoms with van der Waals surface area (Å²) in [5.74, 6) is 0.663. The predicted molar refractivity (Wildman–Crippen MR) is 85.3 cm³/mol. The maximum absolute atomic E-state index is 11.7. The first kappa shape index (κ1) is 16.9. The number of hydrogen-bond acceptors (Lipinski definition) is 5. The molecular weight excluding hydrogens is 272 g/mol. The van der Waals surface area contributed by atoms with E-state index in [1.54, 1.807) is 30.8 Å². The SMILES string of the molecule is CCOC(=O)c1ccc(N)c(SCCN(CC)CC)c1. The molecule has 0 aromatic heterocycles. The van der Waals surface area contributed by atoms with Crippen LogP contribution in [0.3, 0.4) is 0 Å². The molecule has 5 heteroatoms. The molecule has 0 aliphatic rings. The Morgan fingerprint density at radius 1 is 1.30 bits per heavy atom. The summed E-state index contributed by atoms with van der Waals surface area (Å²) >= 11 is 1.68. The van der Waals surface area contributed by atoms with Crippen LogP contribution in [0.15, 0.2) is 23.1 Å². The minimum atomic E-state index is -0.293. The molecule has 4 nitrogen and oxygen atoms in total. The topological polar surface area (TPSA) is 55.6 Å². The smallest absolute Gasteiger partial charge is 0.338 e. The number of hydrogen-bond donors (Lipinski definition) is 1. The van der Waals surface area contributed by atoms with Crippen molar-refractivity contribution in [3.05, 3.63) is 23.8 Å². The van der Waals surface area contributed by atoms with Crippen LogP contribution in [0.5, 0.6) is 0 Å². The fourth-order valence-electron chi connectivity index (χ4n) is 1.83. The number of nitrogen functional groups attached to an aromatic ring is 1. The second-order valence-corrected chi connectivity index (χ2v) is 5.49. The fraction of sp³-hybridized carbons (Fsp3) is 0.533. The van der Waals surface area contributed by atoms with E-state index in [9.17, 15) is 4.79 Å². The average molecular weight is 296 g/mol. The number of rotatable bonds is 8. The van der Waals surface area contributed by atoms with Crippen LogP contribution in [0, 0.1) is 0 Å². The van der Waals surface area contributed by atoms with Gasteiger partial charge in [-0.3, -0.25) is 0 Å². The highest BCUT2D eigenvalue weighted by atomic mass is 32.2. The Balaban J connectivity index is 2.64. The molecular formula is C15H24N2O2S. The molecule has 112 valence electrons. The van der Waals surface area contributed by atoms with Crippen molar-refractivity contribution < 1.29 is 9.53 Å². The molecule has 0 bridgehead atoms. The molecule has 20 heavy (non-hydrogen) atoms. The molecule has 1 aromatic carbocycles. The average Bonchev–Trinajstić information content (AvgIpc) is 2.45. The van der Waals surface area contributed by atoms with Crippen LogP contribution in [-0.2, 0) is 4.74 Å².